The van der Waals surface area contributed by atoms with E-state index < -0.39 is 6.36 Å². The van der Waals surface area contributed by atoms with E-state index in [0.717, 1.165) is 38.4 Å². The Morgan fingerprint density at radius 3 is 2.77 bits per heavy atom. The molecule has 1 aromatic carbocycles. The number of para-hydroxylation sites is 1. The Bertz CT molecular complexity index is 753. The minimum Gasteiger partial charge on any atom is -0.405 e. The molecule has 1 N–H and O–H groups in total. The molecule has 1 aromatic rings. The summed E-state index contributed by atoms with van der Waals surface area (Å²) in [5, 5.41) is 3.45. The minimum atomic E-state index is -4.70. The largest absolute Gasteiger partial charge is 0.573 e. The van der Waals surface area contributed by atoms with Gasteiger partial charge in [0.15, 0.2) is 5.96 Å². The van der Waals surface area contributed by atoms with E-state index in [2.05, 4.69) is 19.9 Å². The topological polar surface area (TPSA) is 55.3 Å². The monoisotopic (exact) mass is 427 g/mol. The highest BCUT2D eigenvalue weighted by Crippen LogP contribution is 2.45. The zero-order valence-corrected chi connectivity index (χ0v) is 17.0. The number of rotatable bonds is 5. The summed E-state index contributed by atoms with van der Waals surface area (Å²) in [4.78, 5) is 6.80. The number of halogens is 3. The van der Waals surface area contributed by atoms with Crippen LogP contribution in [-0.2, 0) is 9.47 Å². The molecule has 4 atom stereocenters. The molecule has 4 unspecified atom stereocenters. The SMILES string of the molecule is CCN=C(NC1CC1c1ccccc1OC(F)(F)F)N1CCOC(C2CCCO2)C1. The number of alkyl halides is 3. The van der Waals surface area contributed by atoms with Crippen molar-refractivity contribution in [2.75, 3.05) is 32.8 Å². The van der Waals surface area contributed by atoms with Crippen LogP contribution in [-0.4, -0.2) is 68.3 Å². The summed E-state index contributed by atoms with van der Waals surface area (Å²) in [7, 11) is 0. The highest BCUT2D eigenvalue weighted by molar-refractivity contribution is 5.81. The maximum atomic E-state index is 12.7. The van der Waals surface area contributed by atoms with Gasteiger partial charge in [0.25, 0.3) is 0 Å². The lowest BCUT2D eigenvalue weighted by molar-refractivity contribution is -0.274. The molecule has 2 saturated heterocycles. The number of nitrogens with zero attached hydrogens (tertiary/aromatic N) is 2. The zero-order chi connectivity index (χ0) is 21.1. The Labute approximate surface area is 174 Å². The van der Waals surface area contributed by atoms with Crippen molar-refractivity contribution in [2.45, 2.75) is 56.7 Å². The number of aliphatic imine (C=N–C) groups is 1. The first-order valence-corrected chi connectivity index (χ1v) is 10.6. The average Bonchev–Trinajstić information content (AvgIpc) is 3.24. The van der Waals surface area contributed by atoms with E-state index in [9.17, 15) is 13.2 Å². The third-order valence-electron chi connectivity index (χ3n) is 5.73. The molecule has 0 aromatic heterocycles. The first-order chi connectivity index (χ1) is 14.4. The lowest BCUT2D eigenvalue weighted by Gasteiger charge is -2.37. The van der Waals surface area contributed by atoms with Gasteiger partial charge in [-0.1, -0.05) is 18.2 Å². The molecule has 1 aliphatic carbocycles. The van der Waals surface area contributed by atoms with Crippen LogP contribution in [0.2, 0.25) is 0 Å². The van der Waals surface area contributed by atoms with E-state index in [1.807, 2.05) is 6.92 Å². The standard InChI is InChI=1S/C21H28F3N3O3/c1-2-25-20(27-9-11-29-19(13-27)18-8-5-10-28-18)26-16-12-15(16)14-6-3-4-7-17(14)30-21(22,23)24/h3-4,6-7,15-16,18-19H,2,5,8-13H2,1H3,(H,25,26). The highest BCUT2D eigenvalue weighted by Gasteiger charge is 2.43. The summed E-state index contributed by atoms with van der Waals surface area (Å²) in [6, 6.07) is 6.39. The van der Waals surface area contributed by atoms with Crippen LogP contribution in [0.5, 0.6) is 5.75 Å². The molecule has 166 valence electrons. The van der Waals surface area contributed by atoms with E-state index >= 15 is 0 Å². The van der Waals surface area contributed by atoms with Crippen LogP contribution in [0.4, 0.5) is 13.2 Å². The Morgan fingerprint density at radius 2 is 2.03 bits per heavy atom. The van der Waals surface area contributed by atoms with Crippen molar-refractivity contribution in [2.24, 2.45) is 4.99 Å². The van der Waals surface area contributed by atoms with Crippen molar-refractivity contribution in [1.29, 1.82) is 0 Å². The predicted molar refractivity (Wildman–Crippen MR) is 106 cm³/mol. The number of morpholine rings is 1. The molecule has 4 rings (SSSR count). The Morgan fingerprint density at radius 1 is 1.23 bits per heavy atom. The number of hydrogen-bond donors (Lipinski definition) is 1. The first kappa shape index (κ1) is 21.2. The van der Waals surface area contributed by atoms with Crippen molar-refractivity contribution in [1.82, 2.24) is 10.2 Å². The molecule has 30 heavy (non-hydrogen) atoms. The van der Waals surface area contributed by atoms with Gasteiger partial charge in [0.05, 0.1) is 12.7 Å². The smallest absolute Gasteiger partial charge is 0.405 e. The molecule has 2 heterocycles. The Kier molecular flexibility index (Phi) is 6.38. The first-order valence-electron chi connectivity index (χ1n) is 10.6. The van der Waals surface area contributed by atoms with Gasteiger partial charge in [-0.25, -0.2) is 0 Å². The van der Waals surface area contributed by atoms with Crippen LogP contribution in [0, 0.1) is 0 Å². The van der Waals surface area contributed by atoms with Crippen molar-refractivity contribution in [3.8, 4) is 5.75 Å². The number of ether oxygens (including phenoxy) is 3. The molecule has 1 saturated carbocycles. The summed E-state index contributed by atoms with van der Waals surface area (Å²) < 4.78 is 54.1. The molecule has 0 radical (unpaired) electrons. The van der Waals surface area contributed by atoms with E-state index in [1.165, 1.54) is 6.07 Å². The minimum absolute atomic E-state index is 0.0148. The lowest BCUT2D eigenvalue weighted by atomic mass is 10.1. The van der Waals surface area contributed by atoms with E-state index in [0.29, 0.717) is 25.3 Å². The number of benzene rings is 1. The van der Waals surface area contributed by atoms with Gasteiger partial charge in [0.2, 0.25) is 0 Å². The Hall–Kier alpha value is -2.00. The van der Waals surface area contributed by atoms with E-state index in [4.69, 9.17) is 9.47 Å². The second-order valence-corrected chi connectivity index (χ2v) is 7.88. The molecule has 2 aliphatic heterocycles. The van der Waals surface area contributed by atoms with Crippen molar-refractivity contribution < 1.29 is 27.4 Å². The van der Waals surface area contributed by atoms with Gasteiger partial charge in [0, 0.05) is 38.2 Å². The maximum absolute atomic E-state index is 12.7. The van der Waals surface area contributed by atoms with Crippen LogP contribution in [0.3, 0.4) is 0 Å². The van der Waals surface area contributed by atoms with Crippen molar-refractivity contribution in [3.05, 3.63) is 29.8 Å². The quantitative estimate of drug-likeness (QED) is 0.577. The zero-order valence-electron chi connectivity index (χ0n) is 17.0. The lowest BCUT2D eigenvalue weighted by Crippen LogP contribution is -2.53. The van der Waals surface area contributed by atoms with Gasteiger partial charge >= 0.3 is 6.36 Å². The van der Waals surface area contributed by atoms with Crippen molar-refractivity contribution in [3.63, 3.8) is 0 Å². The normalized spacial score (nSPS) is 29.7. The fourth-order valence-corrected chi connectivity index (χ4v) is 4.24. The molecule has 9 heteroatoms. The molecular formula is C21H28F3N3O3. The van der Waals surface area contributed by atoms with Crippen LogP contribution in [0.15, 0.2) is 29.3 Å². The Balaban J connectivity index is 1.40. The number of hydrogen-bond acceptors (Lipinski definition) is 4. The average molecular weight is 427 g/mol. The van der Waals surface area contributed by atoms with E-state index in [1.54, 1.807) is 18.2 Å². The molecule has 3 aliphatic rings. The molecule has 0 bridgehead atoms. The second kappa shape index (κ2) is 9.01. The fourth-order valence-electron chi connectivity index (χ4n) is 4.24. The third kappa shape index (κ3) is 5.18. The summed E-state index contributed by atoms with van der Waals surface area (Å²) in [6.45, 7) is 5.39. The summed E-state index contributed by atoms with van der Waals surface area (Å²) >= 11 is 0. The van der Waals surface area contributed by atoms with Gasteiger partial charge in [-0.15, -0.1) is 13.2 Å². The third-order valence-corrected chi connectivity index (χ3v) is 5.73. The summed E-state index contributed by atoms with van der Waals surface area (Å²) in [6.07, 6.45) is -1.76. The van der Waals surface area contributed by atoms with Crippen LogP contribution in [0.25, 0.3) is 0 Å². The molecule has 6 nitrogen and oxygen atoms in total. The van der Waals surface area contributed by atoms with Gasteiger partial charge in [-0.3, -0.25) is 4.99 Å². The summed E-state index contributed by atoms with van der Waals surface area (Å²) in [5.74, 6) is 0.615. The predicted octanol–water partition coefficient (Wildman–Crippen LogP) is 3.29. The van der Waals surface area contributed by atoms with Gasteiger partial charge in [-0.05, 0) is 37.8 Å². The number of guanidine groups is 1. The van der Waals surface area contributed by atoms with Crippen LogP contribution < -0.4 is 10.1 Å². The second-order valence-electron chi connectivity index (χ2n) is 7.88. The molecule has 0 spiro atoms. The molecule has 0 amide bonds. The number of nitrogens with one attached hydrogen (secondary N) is 1. The molecule has 3 fully saturated rings. The van der Waals surface area contributed by atoms with Gasteiger partial charge in [0.1, 0.15) is 11.9 Å². The van der Waals surface area contributed by atoms with Crippen LogP contribution in [0.1, 0.15) is 37.7 Å². The fraction of sp³-hybridized carbons (Fsp3) is 0.667. The maximum Gasteiger partial charge on any atom is 0.573 e. The summed E-state index contributed by atoms with van der Waals surface area (Å²) in [5.41, 5.74) is 0.572. The molecular weight excluding hydrogens is 399 g/mol. The highest BCUT2D eigenvalue weighted by atomic mass is 19.4. The van der Waals surface area contributed by atoms with Gasteiger partial charge in [-0.2, -0.15) is 0 Å². The van der Waals surface area contributed by atoms with Crippen LogP contribution >= 0.6 is 0 Å². The van der Waals surface area contributed by atoms with Gasteiger partial charge < -0.3 is 24.4 Å². The van der Waals surface area contributed by atoms with Crippen molar-refractivity contribution >= 4 is 5.96 Å². The van der Waals surface area contributed by atoms with E-state index in [-0.39, 0.29) is 29.9 Å².